The van der Waals surface area contributed by atoms with E-state index in [9.17, 15) is 19.5 Å². The number of hydrogen-bond donors (Lipinski definition) is 1. The first-order valence-corrected chi connectivity index (χ1v) is 12.0. The van der Waals surface area contributed by atoms with E-state index < -0.39 is 12.1 Å². The van der Waals surface area contributed by atoms with Crippen molar-refractivity contribution in [3.8, 4) is 11.5 Å². The second-order valence-corrected chi connectivity index (χ2v) is 8.58. The van der Waals surface area contributed by atoms with Crippen LogP contribution in [0.5, 0.6) is 11.5 Å². The molecule has 0 unspecified atom stereocenters. The molecule has 0 aliphatic carbocycles. The third-order valence-electron chi connectivity index (χ3n) is 5.58. The van der Waals surface area contributed by atoms with Gasteiger partial charge in [-0.05, 0) is 44.2 Å². The lowest BCUT2D eigenvalue weighted by Crippen LogP contribution is -2.21. The molecule has 0 aliphatic heterocycles. The number of hydrogen-bond acceptors (Lipinski definition) is 8. The second-order valence-electron chi connectivity index (χ2n) is 8.58. The summed E-state index contributed by atoms with van der Waals surface area (Å²) in [6.45, 7) is 4.71. The fraction of sp³-hybridized carbons (Fsp3) is 0.654. The van der Waals surface area contributed by atoms with Crippen LogP contribution in [0.4, 0.5) is 0 Å². The Morgan fingerprint density at radius 1 is 0.853 bits per heavy atom. The lowest BCUT2D eigenvalue weighted by Gasteiger charge is -2.19. The molecule has 1 rings (SSSR count). The number of aromatic hydroxyl groups is 1. The summed E-state index contributed by atoms with van der Waals surface area (Å²) in [5.74, 6) is -1.10. The van der Waals surface area contributed by atoms with Crippen LogP contribution >= 0.6 is 0 Å². The Balaban J connectivity index is 2.52. The molecule has 0 fully saturated rings. The maximum atomic E-state index is 12.2. The van der Waals surface area contributed by atoms with Gasteiger partial charge in [0.05, 0.1) is 20.3 Å². The van der Waals surface area contributed by atoms with Crippen molar-refractivity contribution in [1.29, 1.82) is 0 Å². The van der Waals surface area contributed by atoms with Gasteiger partial charge in [-0.3, -0.25) is 9.59 Å². The van der Waals surface area contributed by atoms with Crippen LogP contribution in [0.3, 0.4) is 0 Å². The highest BCUT2D eigenvalue weighted by Gasteiger charge is 2.23. The first-order chi connectivity index (χ1) is 16.2. The third-order valence-corrected chi connectivity index (χ3v) is 5.58. The minimum absolute atomic E-state index is 0.0260. The molecule has 8 nitrogen and oxygen atoms in total. The van der Waals surface area contributed by atoms with E-state index in [-0.39, 0.29) is 35.8 Å². The fourth-order valence-corrected chi connectivity index (χ4v) is 3.99. The van der Waals surface area contributed by atoms with Crippen LogP contribution in [0.15, 0.2) is 12.1 Å². The molecule has 0 radical (unpaired) electrons. The van der Waals surface area contributed by atoms with Gasteiger partial charge >= 0.3 is 17.9 Å². The number of unbranched alkanes of at least 4 members (excludes halogenated alkanes) is 6. The molecular weight excluding hydrogens is 440 g/mol. The van der Waals surface area contributed by atoms with Crippen LogP contribution in [-0.4, -0.2) is 49.4 Å². The summed E-state index contributed by atoms with van der Waals surface area (Å²) >= 11 is 0. The minimum atomic E-state index is -0.654. The van der Waals surface area contributed by atoms with Gasteiger partial charge in [-0.1, -0.05) is 32.1 Å². The van der Waals surface area contributed by atoms with E-state index in [4.69, 9.17) is 18.9 Å². The Morgan fingerprint density at radius 3 is 1.94 bits per heavy atom. The predicted octanol–water partition coefficient (Wildman–Crippen LogP) is 5.12. The summed E-state index contributed by atoms with van der Waals surface area (Å²) in [4.78, 5) is 34.7. The topological polar surface area (TPSA) is 108 Å². The van der Waals surface area contributed by atoms with Crippen molar-refractivity contribution >= 4 is 17.9 Å². The van der Waals surface area contributed by atoms with Crippen molar-refractivity contribution in [2.45, 2.75) is 97.2 Å². The number of phenols is 1. The molecule has 192 valence electrons. The normalized spacial score (nSPS) is 12.5. The Labute approximate surface area is 202 Å². The van der Waals surface area contributed by atoms with E-state index in [1.54, 1.807) is 6.07 Å². The van der Waals surface area contributed by atoms with Crippen LogP contribution < -0.4 is 4.74 Å². The molecule has 0 amide bonds. The Bertz CT molecular complexity index is 789. The molecule has 0 saturated heterocycles. The van der Waals surface area contributed by atoms with Crippen molar-refractivity contribution in [1.82, 2.24) is 0 Å². The van der Waals surface area contributed by atoms with Gasteiger partial charge < -0.3 is 24.1 Å². The number of carbonyl (C=O) groups is 3. The number of benzene rings is 1. The van der Waals surface area contributed by atoms with Gasteiger partial charge in [0.1, 0.15) is 23.2 Å². The maximum Gasteiger partial charge on any atom is 0.341 e. The highest BCUT2D eigenvalue weighted by Crippen LogP contribution is 2.30. The number of methoxy groups -OCH3 is 2. The largest absolute Gasteiger partial charge is 0.507 e. The lowest BCUT2D eigenvalue weighted by molar-refractivity contribution is -0.147. The molecular formula is C26H40O8. The van der Waals surface area contributed by atoms with Crippen LogP contribution in [0, 0.1) is 0 Å². The Kier molecular flexibility index (Phi) is 13.7. The summed E-state index contributed by atoms with van der Waals surface area (Å²) in [5.41, 5.74) is 0.571. The predicted molar refractivity (Wildman–Crippen MR) is 128 cm³/mol. The van der Waals surface area contributed by atoms with Crippen molar-refractivity contribution in [2.24, 2.45) is 0 Å². The van der Waals surface area contributed by atoms with Crippen LogP contribution in [0.25, 0.3) is 0 Å². The highest BCUT2D eigenvalue weighted by atomic mass is 16.5. The molecule has 8 heteroatoms. The summed E-state index contributed by atoms with van der Waals surface area (Å²) in [6, 6.07) is 3.01. The number of carbonyl (C=O) groups excluding carboxylic acids is 3. The number of phenolic OH excluding ortho intramolecular Hbond substituents is 1. The summed E-state index contributed by atoms with van der Waals surface area (Å²) < 4.78 is 20.6. The van der Waals surface area contributed by atoms with Gasteiger partial charge in [0, 0.05) is 26.3 Å². The number of rotatable bonds is 16. The molecule has 1 N–H and O–H groups in total. The lowest BCUT2D eigenvalue weighted by atomic mass is 9.96. The second kappa shape index (κ2) is 16.0. The quantitative estimate of drug-likeness (QED) is 0.197. The van der Waals surface area contributed by atoms with E-state index in [0.29, 0.717) is 17.7 Å². The number of esters is 3. The molecule has 0 saturated carbocycles. The van der Waals surface area contributed by atoms with Crippen molar-refractivity contribution in [3.63, 3.8) is 0 Å². The third kappa shape index (κ3) is 11.4. The standard InChI is InChI=1S/C26H40O8/c1-18(33-19(2)27)13-11-9-7-6-8-10-12-14-22(34-20(3)28)15-21-16-23(31-4)17-24(29)25(21)26(30)32-5/h16-18,22,29H,6-15H2,1-5H3/t18-,22+/m0/s1. The first kappa shape index (κ1) is 29.3. The molecule has 2 atom stereocenters. The van der Waals surface area contributed by atoms with Gasteiger partial charge in [-0.25, -0.2) is 4.79 Å². The zero-order valence-electron chi connectivity index (χ0n) is 21.2. The zero-order chi connectivity index (χ0) is 25.5. The van der Waals surface area contributed by atoms with Crippen LogP contribution in [0.2, 0.25) is 0 Å². The summed E-state index contributed by atoms with van der Waals surface area (Å²) in [6.07, 6.45) is 8.74. The van der Waals surface area contributed by atoms with Crippen molar-refractivity contribution in [3.05, 3.63) is 23.3 Å². The van der Waals surface area contributed by atoms with E-state index in [0.717, 1.165) is 51.4 Å². The molecule has 0 aromatic heterocycles. The summed E-state index contributed by atoms with van der Waals surface area (Å²) in [7, 11) is 2.72. The first-order valence-electron chi connectivity index (χ1n) is 12.0. The molecule has 0 aliphatic rings. The van der Waals surface area contributed by atoms with E-state index in [1.165, 1.54) is 34.1 Å². The van der Waals surface area contributed by atoms with E-state index in [1.807, 2.05) is 6.92 Å². The SMILES string of the molecule is COC(=O)c1c(O)cc(OC)cc1C[C@@H](CCCCCCCCC[C@H](C)OC(C)=O)OC(C)=O. The average Bonchev–Trinajstić information content (AvgIpc) is 2.76. The zero-order valence-corrected chi connectivity index (χ0v) is 21.2. The monoisotopic (exact) mass is 480 g/mol. The fourth-order valence-electron chi connectivity index (χ4n) is 3.99. The van der Waals surface area contributed by atoms with Gasteiger partial charge in [0.2, 0.25) is 0 Å². The average molecular weight is 481 g/mol. The number of ether oxygens (including phenoxy) is 4. The van der Waals surface area contributed by atoms with Gasteiger partial charge in [-0.15, -0.1) is 0 Å². The molecule has 34 heavy (non-hydrogen) atoms. The summed E-state index contributed by atoms with van der Waals surface area (Å²) in [5, 5.41) is 10.3. The van der Waals surface area contributed by atoms with Crippen molar-refractivity contribution < 1.29 is 38.4 Å². The molecule has 0 spiro atoms. The van der Waals surface area contributed by atoms with Gasteiger partial charge in [0.25, 0.3) is 0 Å². The van der Waals surface area contributed by atoms with Crippen molar-refractivity contribution in [2.75, 3.05) is 14.2 Å². The molecule has 0 heterocycles. The molecule has 1 aromatic carbocycles. The highest BCUT2D eigenvalue weighted by molar-refractivity contribution is 5.94. The van der Waals surface area contributed by atoms with E-state index in [2.05, 4.69) is 0 Å². The van der Waals surface area contributed by atoms with Gasteiger partial charge in [-0.2, -0.15) is 0 Å². The molecule has 1 aromatic rings. The maximum absolute atomic E-state index is 12.2. The van der Waals surface area contributed by atoms with E-state index >= 15 is 0 Å². The molecule has 0 bridgehead atoms. The van der Waals surface area contributed by atoms with Crippen LogP contribution in [-0.2, 0) is 30.2 Å². The van der Waals surface area contributed by atoms with Crippen LogP contribution in [0.1, 0.15) is 94.5 Å². The van der Waals surface area contributed by atoms with Gasteiger partial charge in [0.15, 0.2) is 0 Å². The Morgan fingerprint density at radius 2 is 1.41 bits per heavy atom. The smallest absolute Gasteiger partial charge is 0.341 e. The minimum Gasteiger partial charge on any atom is -0.507 e. The Hall–Kier alpha value is -2.77.